The number of esters is 1. The summed E-state index contributed by atoms with van der Waals surface area (Å²) in [5, 5.41) is 23.1. The molecule has 0 spiro atoms. The number of allylic oxidation sites excluding steroid dienone is 1. The molecule has 0 aliphatic carbocycles. The van der Waals surface area contributed by atoms with E-state index < -0.39 is 12.1 Å². The lowest BCUT2D eigenvalue weighted by molar-refractivity contribution is -0.143. The maximum atomic E-state index is 12.5. The molecule has 0 aliphatic rings. The Morgan fingerprint density at radius 3 is 0.919 bits per heavy atom. The van der Waals surface area contributed by atoms with Gasteiger partial charge in [0.1, 0.15) is 0 Å². The lowest BCUT2D eigenvalue weighted by Crippen LogP contribution is -2.45. The molecule has 1 amide bonds. The van der Waals surface area contributed by atoms with E-state index in [9.17, 15) is 19.8 Å². The summed E-state index contributed by atoms with van der Waals surface area (Å²) in [6.45, 7) is 4.94. The van der Waals surface area contributed by atoms with E-state index in [1.54, 1.807) is 6.08 Å². The van der Waals surface area contributed by atoms with Crippen LogP contribution in [0, 0.1) is 0 Å². The molecule has 0 aromatic rings. The second kappa shape index (κ2) is 64.1. The summed E-state index contributed by atoms with van der Waals surface area (Å²) in [4.78, 5) is 24.6. The van der Waals surface area contributed by atoms with Gasteiger partial charge in [0.05, 0.1) is 25.4 Å². The van der Waals surface area contributed by atoms with Gasteiger partial charge in [-0.25, -0.2) is 0 Å². The molecule has 0 radical (unpaired) electrons. The van der Waals surface area contributed by atoms with Gasteiger partial charge in [0, 0.05) is 12.8 Å². The number of amides is 1. The third-order valence-electron chi connectivity index (χ3n) is 16.1. The summed E-state index contributed by atoms with van der Waals surface area (Å²) in [6.07, 6.45) is 78.5. The molecule has 6 heteroatoms. The zero-order valence-electron chi connectivity index (χ0n) is 50.4. The zero-order chi connectivity index (χ0) is 53.6. The second-order valence-corrected chi connectivity index (χ2v) is 23.5. The average molecular weight is 1040 g/mol. The number of rotatable bonds is 64. The van der Waals surface area contributed by atoms with Crippen molar-refractivity contribution in [1.82, 2.24) is 5.32 Å². The Labute approximate surface area is 463 Å². The van der Waals surface area contributed by atoms with Gasteiger partial charge in [-0.15, -0.1) is 0 Å². The summed E-state index contributed by atoms with van der Waals surface area (Å²) < 4.78 is 5.51. The van der Waals surface area contributed by atoms with Crippen LogP contribution in [0.3, 0.4) is 0 Å². The molecule has 0 rings (SSSR count). The van der Waals surface area contributed by atoms with Crippen molar-refractivity contribution >= 4 is 11.9 Å². The van der Waals surface area contributed by atoms with E-state index in [4.69, 9.17) is 4.74 Å². The molecule has 2 atom stereocenters. The topological polar surface area (TPSA) is 95.9 Å². The van der Waals surface area contributed by atoms with Crippen molar-refractivity contribution < 1.29 is 24.5 Å². The number of aliphatic hydroxyl groups excluding tert-OH is 2. The van der Waals surface area contributed by atoms with Crippen molar-refractivity contribution in [2.75, 3.05) is 13.2 Å². The minimum Gasteiger partial charge on any atom is -0.466 e. The van der Waals surface area contributed by atoms with E-state index in [2.05, 4.69) is 19.2 Å². The Morgan fingerprint density at radius 1 is 0.365 bits per heavy atom. The zero-order valence-corrected chi connectivity index (χ0v) is 50.4. The smallest absolute Gasteiger partial charge is 0.305 e. The molecule has 0 aliphatic heterocycles. The molecular weight excluding hydrogens is 911 g/mol. The van der Waals surface area contributed by atoms with Crippen molar-refractivity contribution in [2.45, 2.75) is 398 Å². The van der Waals surface area contributed by atoms with Crippen LogP contribution in [0.4, 0.5) is 0 Å². The monoisotopic (exact) mass is 1040 g/mol. The Morgan fingerprint density at radius 2 is 0.622 bits per heavy atom. The quantitative estimate of drug-likeness (QED) is 0.0320. The van der Waals surface area contributed by atoms with Crippen LogP contribution < -0.4 is 5.32 Å². The van der Waals surface area contributed by atoms with Gasteiger partial charge in [0.2, 0.25) is 5.91 Å². The summed E-state index contributed by atoms with van der Waals surface area (Å²) >= 11 is 0. The highest BCUT2D eigenvalue weighted by Gasteiger charge is 2.18. The largest absolute Gasteiger partial charge is 0.466 e. The van der Waals surface area contributed by atoms with Gasteiger partial charge in [-0.3, -0.25) is 9.59 Å². The number of carbonyl (C=O) groups excluding carboxylic acids is 2. The Bertz CT molecular complexity index is 1110. The number of hydrogen-bond acceptors (Lipinski definition) is 5. The Balaban J connectivity index is 3.34. The van der Waals surface area contributed by atoms with Crippen LogP contribution in [0.5, 0.6) is 0 Å². The van der Waals surface area contributed by atoms with Gasteiger partial charge < -0.3 is 20.3 Å². The van der Waals surface area contributed by atoms with E-state index in [1.807, 2.05) is 6.08 Å². The first-order valence-corrected chi connectivity index (χ1v) is 34.0. The summed E-state index contributed by atoms with van der Waals surface area (Å²) in [7, 11) is 0. The lowest BCUT2D eigenvalue weighted by Gasteiger charge is -2.20. The number of ether oxygens (including phenoxy) is 1. The Hall–Kier alpha value is -1.40. The van der Waals surface area contributed by atoms with Gasteiger partial charge in [-0.1, -0.05) is 353 Å². The van der Waals surface area contributed by atoms with Crippen molar-refractivity contribution in [2.24, 2.45) is 0 Å². The highest BCUT2D eigenvalue weighted by molar-refractivity contribution is 5.76. The number of unbranched alkanes of at least 4 members (excludes halogenated alkanes) is 53. The fourth-order valence-electron chi connectivity index (χ4n) is 10.9. The van der Waals surface area contributed by atoms with E-state index in [1.165, 1.54) is 321 Å². The molecule has 440 valence electrons. The van der Waals surface area contributed by atoms with E-state index in [0.717, 1.165) is 38.5 Å². The first-order chi connectivity index (χ1) is 36.5. The van der Waals surface area contributed by atoms with Gasteiger partial charge in [-0.05, 0) is 32.1 Å². The second-order valence-electron chi connectivity index (χ2n) is 23.5. The third kappa shape index (κ3) is 59.8. The van der Waals surface area contributed by atoms with E-state index in [0.29, 0.717) is 19.4 Å². The van der Waals surface area contributed by atoms with Gasteiger partial charge in [-0.2, -0.15) is 0 Å². The molecular formula is C68H133NO5. The van der Waals surface area contributed by atoms with Crippen LogP contribution in [-0.4, -0.2) is 47.4 Å². The van der Waals surface area contributed by atoms with Crippen molar-refractivity contribution in [3.63, 3.8) is 0 Å². The molecule has 3 N–H and O–H groups in total. The molecule has 74 heavy (non-hydrogen) atoms. The lowest BCUT2D eigenvalue weighted by atomic mass is 10.0. The average Bonchev–Trinajstić information content (AvgIpc) is 3.40. The van der Waals surface area contributed by atoms with Crippen LogP contribution >= 0.6 is 0 Å². The van der Waals surface area contributed by atoms with Crippen molar-refractivity contribution in [3.05, 3.63) is 12.2 Å². The molecule has 0 bridgehead atoms. The predicted octanol–water partition coefficient (Wildman–Crippen LogP) is 21.6. The number of carbonyl (C=O) groups is 2. The summed E-state index contributed by atoms with van der Waals surface area (Å²) in [6, 6.07) is -0.625. The molecule has 0 aromatic heterocycles. The van der Waals surface area contributed by atoms with Crippen LogP contribution in [-0.2, 0) is 14.3 Å². The molecule has 2 unspecified atom stereocenters. The minimum atomic E-state index is -0.842. The molecule has 0 fully saturated rings. The first-order valence-electron chi connectivity index (χ1n) is 34.0. The number of hydrogen-bond donors (Lipinski definition) is 3. The van der Waals surface area contributed by atoms with Gasteiger partial charge >= 0.3 is 5.97 Å². The van der Waals surface area contributed by atoms with Gasteiger partial charge in [0.15, 0.2) is 0 Å². The molecule has 0 heterocycles. The fraction of sp³-hybridized carbons (Fsp3) is 0.941. The van der Waals surface area contributed by atoms with E-state index in [-0.39, 0.29) is 18.5 Å². The fourth-order valence-corrected chi connectivity index (χ4v) is 10.9. The summed E-state index contributed by atoms with van der Waals surface area (Å²) in [5.74, 6) is -0.0427. The highest BCUT2D eigenvalue weighted by Crippen LogP contribution is 2.19. The maximum Gasteiger partial charge on any atom is 0.305 e. The normalized spacial score (nSPS) is 12.5. The van der Waals surface area contributed by atoms with Gasteiger partial charge in [0.25, 0.3) is 0 Å². The maximum absolute atomic E-state index is 12.5. The highest BCUT2D eigenvalue weighted by atomic mass is 16.5. The SMILES string of the molecule is CCCCCCCCCCCCCC/C=C/C(O)C(CO)NC(=O)CCCCCCCCCCCCCCCCCCCCCCCCCCCOC(=O)CCCCCCCCCCCCCCCCCCCC. The van der Waals surface area contributed by atoms with Crippen molar-refractivity contribution in [1.29, 1.82) is 0 Å². The minimum absolute atomic E-state index is 0.0212. The van der Waals surface area contributed by atoms with Crippen LogP contribution in [0.1, 0.15) is 386 Å². The summed E-state index contributed by atoms with van der Waals surface area (Å²) in [5.41, 5.74) is 0. The molecule has 6 nitrogen and oxygen atoms in total. The first kappa shape index (κ1) is 72.6. The van der Waals surface area contributed by atoms with Crippen LogP contribution in [0.15, 0.2) is 12.2 Å². The molecule has 0 saturated heterocycles. The number of nitrogens with one attached hydrogen (secondary N) is 1. The standard InChI is InChI=1S/C68H133NO5/c1-3-5-7-9-11-13-15-17-19-20-31-34-38-42-46-50-54-58-62-68(73)74-63-59-55-51-47-43-39-35-32-29-27-25-23-21-22-24-26-28-30-33-37-41-45-49-53-57-61-67(72)69-65(64-70)66(71)60-56-52-48-44-40-36-18-16-14-12-10-8-6-4-2/h56,60,65-66,70-71H,3-55,57-59,61-64H2,1-2H3,(H,69,72)/b60-56+. The predicted molar refractivity (Wildman–Crippen MR) is 324 cm³/mol. The van der Waals surface area contributed by atoms with Crippen LogP contribution in [0.25, 0.3) is 0 Å². The van der Waals surface area contributed by atoms with E-state index >= 15 is 0 Å². The van der Waals surface area contributed by atoms with Crippen molar-refractivity contribution in [3.8, 4) is 0 Å². The third-order valence-corrected chi connectivity index (χ3v) is 16.1. The van der Waals surface area contributed by atoms with Crippen LogP contribution in [0.2, 0.25) is 0 Å². The Kier molecular flexibility index (Phi) is 62.9. The molecule has 0 aromatic carbocycles. The molecule has 0 saturated carbocycles. The number of aliphatic hydroxyl groups is 2.